The van der Waals surface area contributed by atoms with E-state index in [9.17, 15) is 18.0 Å². The maximum Gasteiger partial charge on any atom is 0.253 e. The fraction of sp³-hybridized carbons (Fsp3) is 0.391. The van der Waals surface area contributed by atoms with Crippen LogP contribution in [0, 0.1) is 6.92 Å². The van der Waals surface area contributed by atoms with Gasteiger partial charge in [-0.1, -0.05) is 23.8 Å². The van der Waals surface area contributed by atoms with Crippen LogP contribution in [0.1, 0.15) is 41.6 Å². The van der Waals surface area contributed by atoms with Gasteiger partial charge < -0.3 is 10.2 Å². The van der Waals surface area contributed by atoms with Gasteiger partial charge in [-0.25, -0.2) is 8.42 Å². The highest BCUT2D eigenvalue weighted by atomic mass is 32.2. The molecule has 31 heavy (non-hydrogen) atoms. The van der Waals surface area contributed by atoms with Gasteiger partial charge in [-0.2, -0.15) is 4.31 Å². The van der Waals surface area contributed by atoms with Gasteiger partial charge in [0.25, 0.3) is 5.91 Å². The Hall–Kier alpha value is -2.71. The number of likely N-dealkylation sites (tertiary alicyclic amines) is 1. The quantitative estimate of drug-likeness (QED) is 0.773. The van der Waals surface area contributed by atoms with Crippen LogP contribution in [0.4, 0.5) is 5.69 Å². The number of nitrogens with one attached hydrogen (secondary N) is 1. The molecule has 2 aromatic carbocycles. The summed E-state index contributed by atoms with van der Waals surface area (Å²) in [4.78, 5) is 27.6. The molecule has 2 fully saturated rings. The maximum atomic E-state index is 13.1. The van der Waals surface area contributed by atoms with Gasteiger partial charge in [0.05, 0.1) is 4.90 Å². The second kappa shape index (κ2) is 8.80. The zero-order valence-corrected chi connectivity index (χ0v) is 18.4. The van der Waals surface area contributed by atoms with Crippen molar-refractivity contribution in [1.29, 1.82) is 0 Å². The number of hydrogen-bond acceptors (Lipinski definition) is 4. The second-order valence-electron chi connectivity index (χ2n) is 8.16. The van der Waals surface area contributed by atoms with Crippen molar-refractivity contribution in [3.8, 4) is 0 Å². The summed E-state index contributed by atoms with van der Waals surface area (Å²) in [5.41, 5.74) is 1.99. The van der Waals surface area contributed by atoms with E-state index in [1.807, 2.05) is 11.8 Å². The van der Waals surface area contributed by atoms with Gasteiger partial charge in [0.2, 0.25) is 15.9 Å². The molecular weight excluding hydrogens is 414 g/mol. The minimum atomic E-state index is -3.76. The summed E-state index contributed by atoms with van der Waals surface area (Å²) < 4.78 is 27.5. The molecule has 0 bridgehead atoms. The van der Waals surface area contributed by atoms with E-state index >= 15 is 0 Å². The summed E-state index contributed by atoms with van der Waals surface area (Å²) >= 11 is 0. The third kappa shape index (κ3) is 4.50. The highest BCUT2D eigenvalue weighted by molar-refractivity contribution is 7.89. The Labute approximate surface area is 183 Å². The third-order valence-corrected chi connectivity index (χ3v) is 7.83. The van der Waals surface area contributed by atoms with Crippen molar-refractivity contribution >= 4 is 27.5 Å². The molecule has 0 radical (unpaired) electrons. The molecule has 7 nitrogen and oxygen atoms in total. The minimum Gasteiger partial charge on any atom is -0.339 e. The van der Waals surface area contributed by atoms with Crippen molar-refractivity contribution in [2.75, 3.05) is 25.0 Å². The van der Waals surface area contributed by atoms with Crippen LogP contribution in [0.5, 0.6) is 0 Å². The summed E-state index contributed by atoms with van der Waals surface area (Å²) in [5.74, 6) is -0.419. The third-order valence-electron chi connectivity index (χ3n) is 5.90. The molecule has 4 rings (SSSR count). The van der Waals surface area contributed by atoms with Gasteiger partial charge in [-0.05, 0) is 62.9 Å². The summed E-state index contributed by atoms with van der Waals surface area (Å²) in [6, 6.07) is 12.7. The highest BCUT2D eigenvalue weighted by Crippen LogP contribution is 2.27. The van der Waals surface area contributed by atoms with E-state index < -0.39 is 16.1 Å². The molecule has 1 N–H and O–H groups in total. The average molecular weight is 442 g/mol. The van der Waals surface area contributed by atoms with E-state index in [1.54, 1.807) is 48.5 Å². The van der Waals surface area contributed by atoms with Crippen molar-refractivity contribution in [2.24, 2.45) is 0 Å². The van der Waals surface area contributed by atoms with E-state index in [0.717, 1.165) is 31.5 Å². The lowest BCUT2D eigenvalue weighted by molar-refractivity contribution is -0.119. The maximum absolute atomic E-state index is 13.1. The van der Waals surface area contributed by atoms with Crippen LogP contribution in [-0.2, 0) is 14.8 Å². The topological polar surface area (TPSA) is 86.8 Å². The first kappa shape index (κ1) is 21.5. The normalized spacial score (nSPS) is 19.5. The molecule has 2 saturated heterocycles. The molecule has 2 heterocycles. The highest BCUT2D eigenvalue weighted by Gasteiger charge is 2.39. The first-order valence-electron chi connectivity index (χ1n) is 10.6. The fourth-order valence-corrected chi connectivity index (χ4v) is 5.85. The molecule has 2 aromatic rings. The van der Waals surface area contributed by atoms with E-state index in [1.165, 1.54) is 4.31 Å². The van der Waals surface area contributed by atoms with Gasteiger partial charge in [0, 0.05) is 30.9 Å². The smallest absolute Gasteiger partial charge is 0.253 e. The number of anilines is 1. The predicted octanol–water partition coefficient (Wildman–Crippen LogP) is 3.02. The predicted molar refractivity (Wildman–Crippen MR) is 118 cm³/mol. The molecule has 0 aromatic heterocycles. The number of hydrogen-bond donors (Lipinski definition) is 1. The molecule has 8 heteroatoms. The largest absolute Gasteiger partial charge is 0.339 e. The fourth-order valence-electron chi connectivity index (χ4n) is 4.19. The minimum absolute atomic E-state index is 0.0435. The number of nitrogens with zero attached hydrogens (tertiary/aromatic N) is 2. The van der Waals surface area contributed by atoms with E-state index in [-0.39, 0.29) is 16.7 Å². The molecule has 2 aliphatic rings. The summed E-state index contributed by atoms with van der Waals surface area (Å²) in [5, 5.41) is 2.82. The molecule has 0 spiro atoms. The Kier molecular flexibility index (Phi) is 6.11. The molecule has 1 atom stereocenters. The number of aryl methyl sites for hydroxylation is 1. The molecular formula is C23H27N3O4S. The van der Waals surface area contributed by atoms with E-state index in [2.05, 4.69) is 5.32 Å². The van der Waals surface area contributed by atoms with Gasteiger partial charge >= 0.3 is 0 Å². The Balaban J connectivity index is 1.49. The molecule has 2 aliphatic heterocycles. The number of benzene rings is 2. The molecule has 0 unspecified atom stereocenters. The van der Waals surface area contributed by atoms with Crippen LogP contribution in [0.3, 0.4) is 0 Å². The van der Waals surface area contributed by atoms with Gasteiger partial charge in [0.15, 0.2) is 0 Å². The van der Waals surface area contributed by atoms with Crippen molar-refractivity contribution in [1.82, 2.24) is 9.21 Å². The average Bonchev–Trinajstić information content (AvgIpc) is 3.46. The Morgan fingerprint density at radius 1 is 0.968 bits per heavy atom. The SMILES string of the molecule is Cc1ccc(S(=O)(=O)N2CCC[C@H]2C(=O)Nc2cccc(C(=O)N3CCCC3)c2)cc1. The summed E-state index contributed by atoms with van der Waals surface area (Å²) in [6.07, 6.45) is 3.10. The van der Waals surface area contributed by atoms with E-state index in [4.69, 9.17) is 0 Å². The van der Waals surface area contributed by atoms with Gasteiger partial charge in [-0.15, -0.1) is 0 Å². The number of carbonyl (C=O) groups is 2. The summed E-state index contributed by atoms with van der Waals surface area (Å²) in [6.45, 7) is 3.71. The van der Waals surface area contributed by atoms with Crippen LogP contribution in [-0.4, -0.2) is 55.1 Å². The Morgan fingerprint density at radius 2 is 1.68 bits per heavy atom. The van der Waals surface area contributed by atoms with E-state index in [0.29, 0.717) is 30.6 Å². The van der Waals surface area contributed by atoms with Crippen LogP contribution < -0.4 is 5.32 Å². The van der Waals surface area contributed by atoms with Gasteiger partial charge in [0.1, 0.15) is 6.04 Å². The number of sulfonamides is 1. The van der Waals surface area contributed by atoms with Crippen molar-refractivity contribution in [3.63, 3.8) is 0 Å². The van der Waals surface area contributed by atoms with Crippen molar-refractivity contribution in [2.45, 2.75) is 43.5 Å². The number of rotatable bonds is 5. The molecule has 0 aliphatic carbocycles. The second-order valence-corrected chi connectivity index (χ2v) is 10.0. The van der Waals surface area contributed by atoms with Crippen molar-refractivity contribution < 1.29 is 18.0 Å². The lowest BCUT2D eigenvalue weighted by atomic mass is 10.1. The first-order valence-corrected chi connectivity index (χ1v) is 12.1. The standard InChI is InChI=1S/C23H27N3O4S/c1-17-9-11-20(12-10-17)31(29,30)26-15-5-8-21(26)22(27)24-19-7-4-6-18(16-19)23(28)25-13-2-3-14-25/h4,6-7,9-12,16,21H,2-3,5,8,13-15H2,1H3,(H,24,27)/t21-/m0/s1. The zero-order chi connectivity index (χ0) is 22.0. The first-order chi connectivity index (χ1) is 14.9. The zero-order valence-electron chi connectivity index (χ0n) is 17.6. The summed E-state index contributed by atoms with van der Waals surface area (Å²) in [7, 11) is -3.76. The monoisotopic (exact) mass is 441 g/mol. The molecule has 164 valence electrons. The molecule has 0 saturated carbocycles. The Morgan fingerprint density at radius 3 is 2.39 bits per heavy atom. The van der Waals surface area contributed by atoms with Crippen LogP contribution in [0.25, 0.3) is 0 Å². The van der Waals surface area contributed by atoms with Crippen LogP contribution in [0.2, 0.25) is 0 Å². The number of amides is 2. The van der Waals surface area contributed by atoms with Crippen molar-refractivity contribution in [3.05, 3.63) is 59.7 Å². The lowest BCUT2D eigenvalue weighted by Gasteiger charge is -2.23. The van der Waals surface area contributed by atoms with Gasteiger partial charge in [-0.3, -0.25) is 9.59 Å². The van der Waals surface area contributed by atoms with Crippen LogP contribution in [0.15, 0.2) is 53.4 Å². The number of carbonyl (C=O) groups excluding carboxylic acids is 2. The lowest BCUT2D eigenvalue weighted by Crippen LogP contribution is -2.43. The van der Waals surface area contributed by atoms with Crippen LogP contribution >= 0.6 is 0 Å². The molecule has 2 amide bonds. The Bertz CT molecular complexity index is 1080.